The standard InChI is InChI=1S/C27H42O5/c1-4-5-12-16-24(28)17-13-10-8-6-7-9-11-14-18-25(29)26(30)19-15-20-27(31)32-22-21-23(2)3/h5-13,17,19,23-25,28-30H,4,14-16,18,20-22H2,1-3H3/b7-6+,10-8-,11-9+,12-5-,17-13+,26-19+/t24-,25+/m1/s1. The van der Waals surface area contributed by atoms with E-state index in [2.05, 4.69) is 20.8 Å². The Kier molecular flexibility index (Phi) is 19.0. The fourth-order valence-electron chi connectivity index (χ4n) is 2.46. The molecule has 0 bridgehead atoms. The van der Waals surface area contributed by atoms with Crippen LogP contribution in [0.2, 0.25) is 0 Å². The maximum atomic E-state index is 11.6. The van der Waals surface area contributed by atoms with Crippen molar-refractivity contribution in [3.05, 3.63) is 72.6 Å². The number of ether oxygens (including phenoxy) is 1. The molecule has 0 fully saturated rings. The number of hydrogen-bond donors (Lipinski definition) is 3. The monoisotopic (exact) mass is 446 g/mol. The molecule has 0 radical (unpaired) electrons. The fourth-order valence-corrected chi connectivity index (χ4v) is 2.46. The number of aliphatic hydroxyl groups is 3. The molecule has 0 unspecified atom stereocenters. The van der Waals surface area contributed by atoms with Gasteiger partial charge >= 0.3 is 5.97 Å². The van der Waals surface area contributed by atoms with Gasteiger partial charge in [0.1, 0.15) is 11.9 Å². The summed E-state index contributed by atoms with van der Waals surface area (Å²) in [5, 5.41) is 29.6. The number of aliphatic hydroxyl groups excluding tert-OH is 3. The maximum Gasteiger partial charge on any atom is 0.306 e. The van der Waals surface area contributed by atoms with Crippen molar-refractivity contribution in [1.82, 2.24) is 0 Å². The second kappa shape index (κ2) is 20.5. The summed E-state index contributed by atoms with van der Waals surface area (Å²) in [5.41, 5.74) is 0. The van der Waals surface area contributed by atoms with Crippen molar-refractivity contribution in [3.8, 4) is 0 Å². The van der Waals surface area contributed by atoms with Gasteiger partial charge in [0.25, 0.3) is 0 Å². The highest BCUT2D eigenvalue weighted by molar-refractivity contribution is 5.69. The normalized spacial score (nSPS) is 15.2. The molecule has 5 heteroatoms. The van der Waals surface area contributed by atoms with E-state index in [1.807, 2.05) is 54.7 Å². The third-order valence-electron chi connectivity index (χ3n) is 4.41. The van der Waals surface area contributed by atoms with Crippen LogP contribution in [-0.4, -0.2) is 40.1 Å². The van der Waals surface area contributed by atoms with Gasteiger partial charge in [0.15, 0.2) is 0 Å². The molecule has 0 aromatic heterocycles. The van der Waals surface area contributed by atoms with Gasteiger partial charge in [0.05, 0.1) is 12.7 Å². The van der Waals surface area contributed by atoms with Crippen molar-refractivity contribution in [2.45, 2.75) is 77.9 Å². The summed E-state index contributed by atoms with van der Waals surface area (Å²) in [4.78, 5) is 11.6. The van der Waals surface area contributed by atoms with Crippen LogP contribution in [0.3, 0.4) is 0 Å². The lowest BCUT2D eigenvalue weighted by molar-refractivity contribution is -0.143. The molecule has 0 aliphatic heterocycles. The number of rotatable bonds is 17. The Hall–Kier alpha value is -2.37. The molecule has 0 aliphatic rings. The Morgan fingerprint density at radius 1 is 0.906 bits per heavy atom. The summed E-state index contributed by atoms with van der Waals surface area (Å²) >= 11 is 0. The van der Waals surface area contributed by atoms with Crippen molar-refractivity contribution in [2.24, 2.45) is 5.92 Å². The summed E-state index contributed by atoms with van der Waals surface area (Å²) in [6, 6.07) is 0. The SMILES string of the molecule is CC/C=C\C[C@@H](O)/C=C/C=C\C=C\C=C\CC[C@H](O)/C(O)=C\CCC(=O)OCCC(C)C. The molecular formula is C27H42O5. The number of carbonyl (C=O) groups is 1. The molecule has 2 atom stereocenters. The Labute approximate surface area is 194 Å². The third kappa shape index (κ3) is 19.6. The number of hydrogen-bond acceptors (Lipinski definition) is 5. The van der Waals surface area contributed by atoms with Crippen LogP contribution in [0.4, 0.5) is 0 Å². The van der Waals surface area contributed by atoms with E-state index in [9.17, 15) is 20.1 Å². The average Bonchev–Trinajstić information content (AvgIpc) is 2.74. The minimum Gasteiger partial charge on any atom is -0.510 e. The van der Waals surface area contributed by atoms with Crippen LogP contribution in [-0.2, 0) is 9.53 Å². The summed E-state index contributed by atoms with van der Waals surface area (Å²) in [6.07, 6.45) is 22.9. The van der Waals surface area contributed by atoms with Crippen molar-refractivity contribution in [3.63, 3.8) is 0 Å². The van der Waals surface area contributed by atoms with Crippen LogP contribution in [0.5, 0.6) is 0 Å². The molecule has 3 N–H and O–H groups in total. The van der Waals surface area contributed by atoms with Crippen molar-refractivity contribution >= 4 is 5.97 Å². The zero-order valence-corrected chi connectivity index (χ0v) is 19.9. The van der Waals surface area contributed by atoms with Crippen molar-refractivity contribution in [1.29, 1.82) is 0 Å². The van der Waals surface area contributed by atoms with Gasteiger partial charge in [-0.1, -0.05) is 81.5 Å². The predicted octanol–water partition coefficient (Wildman–Crippen LogP) is 5.88. The van der Waals surface area contributed by atoms with Gasteiger partial charge in [-0.2, -0.15) is 0 Å². The van der Waals surface area contributed by atoms with Gasteiger partial charge in [0, 0.05) is 6.42 Å². The van der Waals surface area contributed by atoms with Crippen LogP contribution in [0, 0.1) is 5.92 Å². The molecule has 0 heterocycles. The van der Waals surface area contributed by atoms with E-state index in [0.717, 1.165) is 12.8 Å². The summed E-state index contributed by atoms with van der Waals surface area (Å²) in [7, 11) is 0. The van der Waals surface area contributed by atoms with E-state index in [1.165, 1.54) is 6.08 Å². The van der Waals surface area contributed by atoms with Crippen LogP contribution in [0.1, 0.15) is 65.7 Å². The Bertz CT molecular complexity index is 653. The Morgan fingerprint density at radius 2 is 1.59 bits per heavy atom. The highest BCUT2D eigenvalue weighted by Crippen LogP contribution is 2.09. The highest BCUT2D eigenvalue weighted by Gasteiger charge is 2.09. The lowest BCUT2D eigenvalue weighted by atomic mass is 10.1. The number of esters is 1. The second-order valence-electron chi connectivity index (χ2n) is 7.93. The topological polar surface area (TPSA) is 87.0 Å². The van der Waals surface area contributed by atoms with Gasteiger partial charge in [-0.05, 0) is 50.5 Å². The molecule has 0 aromatic rings. The first kappa shape index (κ1) is 29.6. The molecule has 0 spiro atoms. The second-order valence-corrected chi connectivity index (χ2v) is 7.93. The zero-order chi connectivity index (χ0) is 24.0. The molecule has 0 rings (SSSR count). The molecular weight excluding hydrogens is 404 g/mol. The molecule has 180 valence electrons. The van der Waals surface area contributed by atoms with Crippen molar-refractivity contribution < 1.29 is 24.9 Å². The largest absolute Gasteiger partial charge is 0.510 e. The van der Waals surface area contributed by atoms with E-state index >= 15 is 0 Å². The molecule has 5 nitrogen and oxygen atoms in total. The summed E-state index contributed by atoms with van der Waals surface area (Å²) in [5.74, 6) is 0.0951. The first-order valence-electron chi connectivity index (χ1n) is 11.6. The molecule has 0 saturated carbocycles. The molecule has 0 aliphatic carbocycles. The third-order valence-corrected chi connectivity index (χ3v) is 4.41. The van der Waals surface area contributed by atoms with Gasteiger partial charge in [0.2, 0.25) is 0 Å². The quantitative estimate of drug-likeness (QED) is 0.112. The minimum atomic E-state index is -0.941. The van der Waals surface area contributed by atoms with Crippen molar-refractivity contribution in [2.75, 3.05) is 6.61 Å². The van der Waals surface area contributed by atoms with E-state index in [4.69, 9.17) is 4.74 Å². The van der Waals surface area contributed by atoms with Crippen LogP contribution >= 0.6 is 0 Å². The van der Waals surface area contributed by atoms with Gasteiger partial charge < -0.3 is 20.1 Å². The van der Waals surface area contributed by atoms with E-state index in [1.54, 1.807) is 6.08 Å². The summed E-state index contributed by atoms with van der Waals surface area (Å²) in [6.45, 7) is 6.62. The minimum absolute atomic E-state index is 0.106. The smallest absolute Gasteiger partial charge is 0.306 e. The van der Waals surface area contributed by atoms with Gasteiger partial charge in [-0.15, -0.1) is 0 Å². The number of carbonyl (C=O) groups excluding carboxylic acids is 1. The van der Waals surface area contributed by atoms with Crippen LogP contribution < -0.4 is 0 Å². The first-order valence-corrected chi connectivity index (χ1v) is 11.6. The lowest BCUT2D eigenvalue weighted by Crippen LogP contribution is -2.10. The molecule has 0 saturated heterocycles. The number of allylic oxidation sites excluding steroid dienone is 9. The summed E-state index contributed by atoms with van der Waals surface area (Å²) < 4.78 is 5.11. The van der Waals surface area contributed by atoms with Gasteiger partial charge in [-0.3, -0.25) is 4.79 Å². The maximum absolute atomic E-state index is 11.6. The van der Waals surface area contributed by atoms with Gasteiger partial charge in [-0.25, -0.2) is 0 Å². The molecule has 0 aromatic carbocycles. The molecule has 32 heavy (non-hydrogen) atoms. The Morgan fingerprint density at radius 3 is 2.28 bits per heavy atom. The fraction of sp³-hybridized carbons (Fsp3) is 0.519. The first-order chi connectivity index (χ1) is 15.4. The van der Waals surface area contributed by atoms with E-state index in [-0.39, 0.29) is 18.1 Å². The highest BCUT2D eigenvalue weighted by atomic mass is 16.5. The van der Waals surface area contributed by atoms with Crippen LogP contribution in [0.15, 0.2) is 72.6 Å². The van der Waals surface area contributed by atoms with Crippen LogP contribution in [0.25, 0.3) is 0 Å². The van der Waals surface area contributed by atoms with E-state index < -0.39 is 12.2 Å². The predicted molar refractivity (Wildman–Crippen MR) is 132 cm³/mol. The Balaban J connectivity index is 4.00. The molecule has 0 amide bonds. The lowest BCUT2D eigenvalue weighted by Gasteiger charge is -2.08. The van der Waals surface area contributed by atoms with E-state index in [0.29, 0.717) is 38.2 Å². The average molecular weight is 447 g/mol. The zero-order valence-electron chi connectivity index (χ0n) is 19.9.